The van der Waals surface area contributed by atoms with Crippen LogP contribution in [0.1, 0.15) is 12.5 Å². The third-order valence-corrected chi connectivity index (χ3v) is 3.95. The molecular formula is C22H22N2O2. The molecule has 0 aliphatic heterocycles. The maximum Gasteiger partial charge on any atom is 0.241 e. The van der Waals surface area contributed by atoms with Crippen molar-refractivity contribution in [2.24, 2.45) is 0 Å². The average Bonchev–Trinajstić information content (AvgIpc) is 2.69. The first-order valence-electron chi connectivity index (χ1n) is 8.62. The van der Waals surface area contributed by atoms with Crippen molar-refractivity contribution < 1.29 is 9.53 Å². The summed E-state index contributed by atoms with van der Waals surface area (Å²) in [5, 5.41) is 6.14. The molecule has 0 spiro atoms. The van der Waals surface area contributed by atoms with Crippen LogP contribution in [0, 0.1) is 0 Å². The van der Waals surface area contributed by atoms with E-state index in [1.807, 2.05) is 91.9 Å². The first kappa shape index (κ1) is 17.7. The van der Waals surface area contributed by atoms with Crippen LogP contribution in [0.4, 0.5) is 5.69 Å². The van der Waals surface area contributed by atoms with Gasteiger partial charge in [0.1, 0.15) is 11.5 Å². The summed E-state index contributed by atoms with van der Waals surface area (Å²) >= 11 is 0. The lowest BCUT2D eigenvalue weighted by molar-refractivity contribution is -0.117. The molecule has 1 amide bonds. The topological polar surface area (TPSA) is 50.4 Å². The normalized spacial score (nSPS) is 11.6. The van der Waals surface area contributed by atoms with Crippen molar-refractivity contribution in [1.82, 2.24) is 5.32 Å². The summed E-state index contributed by atoms with van der Waals surface area (Å²) in [7, 11) is 0. The highest BCUT2D eigenvalue weighted by Gasteiger charge is 2.12. The molecule has 0 aliphatic rings. The van der Waals surface area contributed by atoms with Gasteiger partial charge in [-0.15, -0.1) is 0 Å². The lowest BCUT2D eigenvalue weighted by Crippen LogP contribution is -2.37. The number of hydrogen-bond acceptors (Lipinski definition) is 3. The van der Waals surface area contributed by atoms with Crippen molar-refractivity contribution in [1.29, 1.82) is 0 Å². The Morgan fingerprint density at radius 2 is 1.42 bits per heavy atom. The van der Waals surface area contributed by atoms with E-state index in [1.54, 1.807) is 0 Å². The molecule has 0 saturated carbocycles. The predicted octanol–water partition coefficient (Wildman–Crippen LogP) is 4.60. The SMILES string of the molecule is C[C@H](NCc1ccccc1)C(=O)Nc1ccc(Oc2ccccc2)cc1. The van der Waals surface area contributed by atoms with Gasteiger partial charge in [-0.3, -0.25) is 4.79 Å². The number of carbonyl (C=O) groups excluding carboxylic acids is 1. The van der Waals surface area contributed by atoms with Gasteiger partial charge in [0.15, 0.2) is 0 Å². The highest BCUT2D eigenvalue weighted by Crippen LogP contribution is 2.22. The number of amides is 1. The van der Waals surface area contributed by atoms with E-state index in [-0.39, 0.29) is 11.9 Å². The molecule has 26 heavy (non-hydrogen) atoms. The smallest absolute Gasteiger partial charge is 0.241 e. The summed E-state index contributed by atoms with van der Waals surface area (Å²) in [6.45, 7) is 2.50. The Hall–Kier alpha value is -3.11. The van der Waals surface area contributed by atoms with Gasteiger partial charge >= 0.3 is 0 Å². The largest absolute Gasteiger partial charge is 0.457 e. The van der Waals surface area contributed by atoms with Crippen LogP contribution in [0.2, 0.25) is 0 Å². The number of carbonyl (C=O) groups is 1. The molecule has 0 heterocycles. The van der Waals surface area contributed by atoms with E-state index < -0.39 is 0 Å². The van der Waals surface area contributed by atoms with Crippen molar-refractivity contribution in [3.8, 4) is 11.5 Å². The summed E-state index contributed by atoms with van der Waals surface area (Å²) in [4.78, 5) is 12.3. The van der Waals surface area contributed by atoms with E-state index in [0.717, 1.165) is 22.7 Å². The maximum atomic E-state index is 12.3. The van der Waals surface area contributed by atoms with E-state index in [2.05, 4.69) is 10.6 Å². The van der Waals surface area contributed by atoms with Crippen LogP contribution < -0.4 is 15.4 Å². The summed E-state index contributed by atoms with van der Waals surface area (Å²) in [6, 6.07) is 26.6. The Morgan fingerprint density at radius 3 is 2.08 bits per heavy atom. The van der Waals surface area contributed by atoms with Crippen LogP contribution in [-0.2, 0) is 11.3 Å². The fourth-order valence-electron chi connectivity index (χ4n) is 2.44. The second kappa shape index (κ2) is 8.83. The van der Waals surface area contributed by atoms with Gasteiger partial charge in [-0.05, 0) is 48.9 Å². The van der Waals surface area contributed by atoms with Gasteiger partial charge in [0.05, 0.1) is 6.04 Å². The van der Waals surface area contributed by atoms with Gasteiger partial charge in [-0.1, -0.05) is 48.5 Å². The molecule has 132 valence electrons. The Bertz CT molecular complexity index is 818. The minimum absolute atomic E-state index is 0.0716. The molecule has 3 aromatic carbocycles. The van der Waals surface area contributed by atoms with Gasteiger partial charge in [-0.25, -0.2) is 0 Å². The predicted molar refractivity (Wildman–Crippen MR) is 104 cm³/mol. The highest BCUT2D eigenvalue weighted by molar-refractivity contribution is 5.94. The molecule has 0 saturated heterocycles. The van der Waals surface area contributed by atoms with Crippen LogP contribution in [0.3, 0.4) is 0 Å². The van der Waals surface area contributed by atoms with Crippen molar-refractivity contribution in [3.63, 3.8) is 0 Å². The van der Waals surface area contributed by atoms with E-state index >= 15 is 0 Å². The molecule has 0 fully saturated rings. The van der Waals surface area contributed by atoms with Crippen molar-refractivity contribution in [2.45, 2.75) is 19.5 Å². The molecule has 0 unspecified atom stereocenters. The van der Waals surface area contributed by atoms with Crippen LogP contribution in [0.5, 0.6) is 11.5 Å². The molecule has 4 nitrogen and oxygen atoms in total. The van der Waals surface area contributed by atoms with E-state index in [1.165, 1.54) is 0 Å². The second-order valence-corrected chi connectivity index (χ2v) is 6.02. The Morgan fingerprint density at radius 1 is 0.846 bits per heavy atom. The molecule has 4 heteroatoms. The van der Waals surface area contributed by atoms with Gasteiger partial charge in [0, 0.05) is 12.2 Å². The quantitative estimate of drug-likeness (QED) is 0.657. The fourth-order valence-corrected chi connectivity index (χ4v) is 2.44. The monoisotopic (exact) mass is 346 g/mol. The van der Waals surface area contributed by atoms with Gasteiger partial charge in [0.2, 0.25) is 5.91 Å². The Kier molecular flexibility index (Phi) is 6.01. The molecule has 0 bridgehead atoms. The van der Waals surface area contributed by atoms with Crippen LogP contribution >= 0.6 is 0 Å². The maximum absolute atomic E-state index is 12.3. The minimum atomic E-state index is -0.296. The standard InChI is InChI=1S/C22H22N2O2/c1-17(23-16-18-8-4-2-5-9-18)22(25)24-19-12-14-21(15-13-19)26-20-10-6-3-7-11-20/h2-15,17,23H,16H2,1H3,(H,24,25)/t17-/m0/s1. The first-order chi connectivity index (χ1) is 12.7. The highest BCUT2D eigenvalue weighted by atomic mass is 16.5. The van der Waals surface area contributed by atoms with Crippen LogP contribution in [0.25, 0.3) is 0 Å². The molecular weight excluding hydrogens is 324 g/mol. The molecule has 0 aromatic heterocycles. The summed E-state index contributed by atoms with van der Waals surface area (Å²) in [6.07, 6.45) is 0. The second-order valence-electron chi connectivity index (χ2n) is 6.02. The molecule has 3 rings (SSSR count). The minimum Gasteiger partial charge on any atom is -0.457 e. The zero-order chi connectivity index (χ0) is 18.2. The zero-order valence-electron chi connectivity index (χ0n) is 14.7. The number of rotatable bonds is 7. The fraction of sp³-hybridized carbons (Fsp3) is 0.136. The van der Waals surface area contributed by atoms with Crippen molar-refractivity contribution in [2.75, 3.05) is 5.32 Å². The van der Waals surface area contributed by atoms with Crippen LogP contribution in [0.15, 0.2) is 84.9 Å². The van der Waals surface area contributed by atoms with Crippen molar-refractivity contribution >= 4 is 11.6 Å². The number of hydrogen-bond donors (Lipinski definition) is 2. The first-order valence-corrected chi connectivity index (χ1v) is 8.62. The average molecular weight is 346 g/mol. The molecule has 3 aromatic rings. The number of benzene rings is 3. The number of nitrogens with one attached hydrogen (secondary N) is 2. The van der Waals surface area contributed by atoms with Crippen molar-refractivity contribution in [3.05, 3.63) is 90.5 Å². The lowest BCUT2D eigenvalue weighted by atomic mass is 10.2. The molecule has 0 radical (unpaired) electrons. The molecule has 1 atom stereocenters. The Balaban J connectivity index is 1.50. The summed E-state index contributed by atoms with van der Waals surface area (Å²) in [5.74, 6) is 1.44. The van der Waals surface area contributed by atoms with Gasteiger partial charge in [-0.2, -0.15) is 0 Å². The van der Waals surface area contributed by atoms with E-state index in [9.17, 15) is 4.79 Å². The van der Waals surface area contributed by atoms with E-state index in [4.69, 9.17) is 4.74 Å². The van der Waals surface area contributed by atoms with Gasteiger partial charge in [0.25, 0.3) is 0 Å². The molecule has 0 aliphatic carbocycles. The lowest BCUT2D eigenvalue weighted by Gasteiger charge is -2.14. The third kappa shape index (κ3) is 5.19. The number of para-hydroxylation sites is 1. The van der Waals surface area contributed by atoms with E-state index in [0.29, 0.717) is 6.54 Å². The Labute approximate surface area is 153 Å². The van der Waals surface area contributed by atoms with Crippen LogP contribution in [-0.4, -0.2) is 11.9 Å². The third-order valence-electron chi connectivity index (χ3n) is 3.95. The van der Waals surface area contributed by atoms with Gasteiger partial charge < -0.3 is 15.4 Å². The summed E-state index contributed by atoms with van der Waals surface area (Å²) < 4.78 is 5.75. The summed E-state index contributed by atoms with van der Waals surface area (Å²) in [5.41, 5.74) is 1.89. The number of ether oxygens (including phenoxy) is 1. The molecule has 2 N–H and O–H groups in total. The number of anilines is 1. The zero-order valence-corrected chi connectivity index (χ0v) is 14.7.